The Bertz CT molecular complexity index is 1190. The zero-order valence-corrected chi connectivity index (χ0v) is 15.3. The molecule has 2 aromatic carbocycles. The van der Waals surface area contributed by atoms with Gasteiger partial charge in [-0.25, -0.2) is 0 Å². The highest BCUT2D eigenvalue weighted by molar-refractivity contribution is 9.10. The van der Waals surface area contributed by atoms with Gasteiger partial charge < -0.3 is 15.3 Å². The molecule has 0 saturated heterocycles. The number of aromatic nitrogens is 2. The van der Waals surface area contributed by atoms with E-state index in [0.717, 1.165) is 37.4 Å². The normalized spacial score (nSPS) is 17.5. The van der Waals surface area contributed by atoms with Gasteiger partial charge in [-0.15, -0.1) is 0 Å². The number of aliphatic imine (C=N–C) groups is 1. The van der Waals surface area contributed by atoms with Crippen LogP contribution < -0.4 is 5.32 Å². The largest absolute Gasteiger partial charge is 0.361 e. The molecule has 4 aromatic rings. The lowest BCUT2D eigenvalue weighted by Gasteiger charge is -2.21. The molecular weight excluding hydrogens is 392 g/mol. The molecule has 0 unspecified atom stereocenters. The molecule has 1 atom stereocenters. The molecule has 26 heavy (non-hydrogen) atoms. The summed E-state index contributed by atoms with van der Waals surface area (Å²) in [4.78, 5) is 23.8. The Hall–Kier alpha value is -2.86. The van der Waals surface area contributed by atoms with Gasteiger partial charge in [-0.05, 0) is 18.2 Å². The van der Waals surface area contributed by atoms with E-state index in [1.165, 1.54) is 0 Å². The molecule has 5 nitrogen and oxygen atoms in total. The molecule has 3 heterocycles. The number of hydrogen-bond donors (Lipinski definition) is 3. The third-order valence-corrected chi connectivity index (χ3v) is 5.33. The van der Waals surface area contributed by atoms with Crippen LogP contribution in [0.5, 0.6) is 0 Å². The first kappa shape index (κ1) is 15.4. The number of fused-ring (bicyclic) bond motifs is 2. The smallest absolute Gasteiger partial charge is 0.270 e. The van der Waals surface area contributed by atoms with Gasteiger partial charge >= 0.3 is 0 Å². The summed E-state index contributed by atoms with van der Waals surface area (Å²) in [6.07, 6.45) is 3.84. The first-order valence-electron chi connectivity index (χ1n) is 8.40. The van der Waals surface area contributed by atoms with E-state index >= 15 is 0 Å². The van der Waals surface area contributed by atoms with E-state index in [1.54, 1.807) is 0 Å². The first-order valence-corrected chi connectivity index (χ1v) is 9.19. The molecular formula is C20H15BrN4O. The molecule has 6 heteroatoms. The van der Waals surface area contributed by atoms with E-state index in [-0.39, 0.29) is 11.9 Å². The number of amides is 1. The molecule has 128 valence electrons. The fourth-order valence-electron chi connectivity index (χ4n) is 3.57. The topological polar surface area (TPSA) is 73.0 Å². The highest BCUT2D eigenvalue weighted by Crippen LogP contribution is 2.31. The molecule has 0 fully saturated rings. The quantitative estimate of drug-likeness (QED) is 0.461. The van der Waals surface area contributed by atoms with Crippen LogP contribution in [-0.2, 0) is 4.79 Å². The Morgan fingerprint density at radius 3 is 2.77 bits per heavy atom. The van der Waals surface area contributed by atoms with Gasteiger partial charge in [0.1, 0.15) is 5.71 Å². The van der Waals surface area contributed by atoms with E-state index in [2.05, 4.69) is 37.3 Å². The maximum absolute atomic E-state index is 12.5. The van der Waals surface area contributed by atoms with Gasteiger partial charge in [0.05, 0.1) is 6.04 Å². The van der Waals surface area contributed by atoms with Crippen LogP contribution >= 0.6 is 15.9 Å². The number of hydrogen-bond acceptors (Lipinski definition) is 2. The zero-order valence-electron chi connectivity index (χ0n) is 13.7. The number of nitrogens with one attached hydrogen (secondary N) is 3. The standard InChI is InChI=1S/C20H15BrN4O/c21-11-5-6-13-14(8-23-17(13)7-11)18-10-24-20(26)19(25-18)15-9-22-16-4-2-1-3-12(15)16/h1-9,18,22-23H,10H2,(H,24,26)/t18-/m0/s1. The maximum atomic E-state index is 12.5. The third-order valence-electron chi connectivity index (χ3n) is 4.84. The molecule has 3 N–H and O–H groups in total. The number of benzene rings is 2. The Morgan fingerprint density at radius 2 is 1.85 bits per heavy atom. The summed E-state index contributed by atoms with van der Waals surface area (Å²) < 4.78 is 1.03. The van der Waals surface area contributed by atoms with E-state index in [0.29, 0.717) is 12.3 Å². The first-order chi connectivity index (χ1) is 12.7. The van der Waals surface area contributed by atoms with Gasteiger partial charge in [0.25, 0.3) is 5.91 Å². The molecule has 5 rings (SSSR count). The Kier molecular flexibility index (Phi) is 3.46. The lowest BCUT2D eigenvalue weighted by Crippen LogP contribution is -2.39. The van der Waals surface area contributed by atoms with Crippen LogP contribution in [0.25, 0.3) is 21.8 Å². The van der Waals surface area contributed by atoms with Crippen LogP contribution in [0, 0.1) is 0 Å². The minimum Gasteiger partial charge on any atom is -0.361 e. The second-order valence-electron chi connectivity index (χ2n) is 6.39. The monoisotopic (exact) mass is 406 g/mol. The van der Waals surface area contributed by atoms with E-state index in [9.17, 15) is 4.79 Å². The van der Waals surface area contributed by atoms with Crippen molar-refractivity contribution in [1.82, 2.24) is 15.3 Å². The summed E-state index contributed by atoms with van der Waals surface area (Å²) in [6, 6.07) is 14.0. The summed E-state index contributed by atoms with van der Waals surface area (Å²) in [7, 11) is 0. The Balaban J connectivity index is 1.63. The molecule has 1 aliphatic rings. The number of H-pyrrole nitrogens is 2. The van der Waals surface area contributed by atoms with Crippen molar-refractivity contribution in [2.75, 3.05) is 6.54 Å². The van der Waals surface area contributed by atoms with E-state index in [4.69, 9.17) is 4.99 Å². The van der Waals surface area contributed by atoms with Crippen molar-refractivity contribution in [2.45, 2.75) is 6.04 Å². The minimum absolute atomic E-state index is 0.119. The van der Waals surface area contributed by atoms with Gasteiger partial charge in [-0.2, -0.15) is 0 Å². The number of halogens is 1. The van der Waals surface area contributed by atoms with Gasteiger partial charge in [0, 0.05) is 56.3 Å². The average molecular weight is 407 g/mol. The Labute approximate surface area is 157 Å². The summed E-state index contributed by atoms with van der Waals surface area (Å²) in [5.41, 5.74) is 4.45. The third kappa shape index (κ3) is 2.37. The second-order valence-corrected chi connectivity index (χ2v) is 7.30. The fraction of sp³-hybridized carbons (Fsp3) is 0.100. The van der Waals surface area contributed by atoms with Crippen LogP contribution in [0.2, 0.25) is 0 Å². The van der Waals surface area contributed by atoms with Gasteiger partial charge in [-0.3, -0.25) is 9.79 Å². The van der Waals surface area contributed by atoms with Gasteiger partial charge in [0.2, 0.25) is 0 Å². The predicted molar refractivity (Wildman–Crippen MR) is 107 cm³/mol. The van der Waals surface area contributed by atoms with Crippen molar-refractivity contribution in [3.05, 3.63) is 70.5 Å². The summed E-state index contributed by atoms with van der Waals surface area (Å²) >= 11 is 3.50. The number of carbonyl (C=O) groups excluding carboxylic acids is 1. The van der Waals surface area contributed by atoms with Crippen LogP contribution in [0.15, 0.2) is 64.3 Å². The molecule has 0 aliphatic carbocycles. The molecule has 0 spiro atoms. The molecule has 0 saturated carbocycles. The van der Waals surface area contributed by atoms with Crippen molar-refractivity contribution >= 4 is 49.4 Å². The molecule has 0 bridgehead atoms. The second kappa shape index (κ2) is 5.85. The predicted octanol–water partition coefficient (Wildman–Crippen LogP) is 4.07. The van der Waals surface area contributed by atoms with Crippen LogP contribution in [0.3, 0.4) is 0 Å². The molecule has 2 aromatic heterocycles. The number of para-hydroxylation sites is 1. The van der Waals surface area contributed by atoms with E-state index < -0.39 is 0 Å². The highest BCUT2D eigenvalue weighted by Gasteiger charge is 2.27. The Morgan fingerprint density at radius 1 is 1.00 bits per heavy atom. The summed E-state index contributed by atoms with van der Waals surface area (Å²) in [5.74, 6) is -0.131. The highest BCUT2D eigenvalue weighted by atomic mass is 79.9. The van der Waals surface area contributed by atoms with Crippen molar-refractivity contribution in [3.8, 4) is 0 Å². The maximum Gasteiger partial charge on any atom is 0.270 e. The van der Waals surface area contributed by atoms with E-state index in [1.807, 2.05) is 48.8 Å². The number of rotatable bonds is 2. The summed E-state index contributed by atoms with van der Waals surface area (Å²) in [6.45, 7) is 0.494. The molecule has 1 aliphatic heterocycles. The fourth-order valence-corrected chi connectivity index (χ4v) is 3.93. The van der Waals surface area contributed by atoms with Gasteiger partial charge in [-0.1, -0.05) is 40.2 Å². The lowest BCUT2D eigenvalue weighted by atomic mass is 10.0. The number of aromatic amines is 2. The average Bonchev–Trinajstić information content (AvgIpc) is 3.26. The van der Waals surface area contributed by atoms with Crippen molar-refractivity contribution in [2.24, 2.45) is 4.99 Å². The number of nitrogens with zero attached hydrogens (tertiary/aromatic N) is 1. The van der Waals surface area contributed by atoms with Crippen LogP contribution in [-0.4, -0.2) is 28.1 Å². The zero-order chi connectivity index (χ0) is 17.7. The molecule has 0 radical (unpaired) electrons. The van der Waals surface area contributed by atoms with Crippen LogP contribution in [0.4, 0.5) is 0 Å². The SMILES string of the molecule is O=C1NC[C@@H](c2c[nH]c3cc(Br)ccc23)N=C1c1c[nH]c2ccccc12. The summed E-state index contributed by atoms with van der Waals surface area (Å²) in [5, 5.41) is 5.12. The lowest BCUT2D eigenvalue weighted by molar-refractivity contribution is -0.115. The van der Waals surface area contributed by atoms with Gasteiger partial charge in [0.15, 0.2) is 0 Å². The van der Waals surface area contributed by atoms with Crippen molar-refractivity contribution < 1.29 is 4.79 Å². The van der Waals surface area contributed by atoms with Crippen LogP contribution in [0.1, 0.15) is 17.2 Å². The minimum atomic E-state index is -0.131. The number of carbonyl (C=O) groups is 1. The van der Waals surface area contributed by atoms with Crippen molar-refractivity contribution in [1.29, 1.82) is 0 Å². The molecule has 1 amide bonds. The van der Waals surface area contributed by atoms with Crippen molar-refractivity contribution in [3.63, 3.8) is 0 Å².